The normalized spacial score (nSPS) is 16.0. The van der Waals surface area contributed by atoms with Crippen molar-refractivity contribution in [2.75, 3.05) is 19.8 Å². The molecule has 0 spiro atoms. The molecule has 1 saturated heterocycles. The summed E-state index contributed by atoms with van der Waals surface area (Å²) >= 11 is 12.6. The van der Waals surface area contributed by atoms with E-state index < -0.39 is 5.97 Å². The molecule has 0 radical (unpaired) electrons. The predicted octanol–water partition coefficient (Wildman–Crippen LogP) is 3.50. The van der Waals surface area contributed by atoms with E-state index >= 15 is 0 Å². The summed E-state index contributed by atoms with van der Waals surface area (Å²) in [4.78, 5) is 25.6. The minimum atomic E-state index is -0.458. The minimum absolute atomic E-state index is 0.105. The van der Waals surface area contributed by atoms with Crippen LogP contribution in [0.1, 0.15) is 19.4 Å². The van der Waals surface area contributed by atoms with E-state index in [4.69, 9.17) is 33.3 Å². The van der Waals surface area contributed by atoms with Crippen molar-refractivity contribution in [1.82, 2.24) is 4.90 Å². The number of hydrogen-bond acceptors (Lipinski definition) is 6. The summed E-state index contributed by atoms with van der Waals surface area (Å²) in [6, 6.07) is 5.07. The number of halogens is 1. The monoisotopic (exact) mass is 385 g/mol. The predicted molar refractivity (Wildman–Crippen MR) is 99.1 cm³/mol. The van der Waals surface area contributed by atoms with Gasteiger partial charge >= 0.3 is 5.97 Å². The fourth-order valence-corrected chi connectivity index (χ4v) is 3.62. The first-order valence-corrected chi connectivity index (χ1v) is 8.89. The van der Waals surface area contributed by atoms with Crippen molar-refractivity contribution >= 4 is 57.9 Å². The molecule has 0 N–H and O–H groups in total. The van der Waals surface area contributed by atoms with E-state index in [1.165, 1.54) is 11.8 Å². The lowest BCUT2D eigenvalue weighted by atomic mass is 10.2. The van der Waals surface area contributed by atoms with Crippen LogP contribution in [0.4, 0.5) is 0 Å². The number of ether oxygens (including phenoxy) is 2. The van der Waals surface area contributed by atoms with Gasteiger partial charge in [-0.3, -0.25) is 9.69 Å². The van der Waals surface area contributed by atoms with Crippen LogP contribution in [0, 0.1) is 0 Å². The summed E-state index contributed by atoms with van der Waals surface area (Å²) < 4.78 is 10.7. The molecule has 24 heavy (non-hydrogen) atoms. The number of likely N-dealkylation sites (N-methyl/N-ethyl adjacent to an activating group) is 1. The molecule has 0 bridgehead atoms. The topological polar surface area (TPSA) is 55.8 Å². The first kappa shape index (κ1) is 18.8. The van der Waals surface area contributed by atoms with Gasteiger partial charge in [-0.05, 0) is 37.6 Å². The van der Waals surface area contributed by atoms with Crippen molar-refractivity contribution in [3.63, 3.8) is 0 Å². The summed E-state index contributed by atoms with van der Waals surface area (Å²) in [6.45, 7) is 4.23. The smallest absolute Gasteiger partial charge is 0.344 e. The van der Waals surface area contributed by atoms with Crippen LogP contribution >= 0.6 is 35.6 Å². The molecular formula is C16H16ClNO4S2. The van der Waals surface area contributed by atoms with Crippen LogP contribution in [0.2, 0.25) is 5.02 Å². The van der Waals surface area contributed by atoms with Crippen LogP contribution in [0.25, 0.3) is 6.08 Å². The molecular weight excluding hydrogens is 370 g/mol. The van der Waals surface area contributed by atoms with Crippen molar-refractivity contribution in [3.8, 4) is 5.75 Å². The lowest BCUT2D eigenvalue weighted by Gasteiger charge is -2.09. The zero-order chi connectivity index (χ0) is 17.7. The molecule has 0 aromatic heterocycles. The zero-order valence-corrected chi connectivity index (χ0v) is 15.6. The van der Waals surface area contributed by atoms with Gasteiger partial charge in [0.1, 0.15) is 10.1 Å². The van der Waals surface area contributed by atoms with Gasteiger partial charge < -0.3 is 9.47 Å². The maximum absolute atomic E-state index is 12.2. The van der Waals surface area contributed by atoms with E-state index in [0.717, 1.165) is 5.56 Å². The molecule has 0 saturated carbocycles. The third kappa shape index (κ3) is 4.49. The molecule has 1 heterocycles. The van der Waals surface area contributed by atoms with Crippen molar-refractivity contribution in [3.05, 3.63) is 33.7 Å². The minimum Gasteiger partial charge on any atom is -0.480 e. The van der Waals surface area contributed by atoms with E-state index in [9.17, 15) is 9.59 Å². The highest BCUT2D eigenvalue weighted by molar-refractivity contribution is 8.26. The van der Waals surface area contributed by atoms with Crippen molar-refractivity contribution in [2.45, 2.75) is 13.8 Å². The van der Waals surface area contributed by atoms with Gasteiger partial charge in [-0.15, -0.1) is 0 Å². The highest BCUT2D eigenvalue weighted by Crippen LogP contribution is 2.33. The molecule has 1 amide bonds. The summed E-state index contributed by atoms with van der Waals surface area (Å²) in [5.74, 6) is -0.185. The Hall–Kier alpha value is -1.57. The van der Waals surface area contributed by atoms with Crippen molar-refractivity contribution < 1.29 is 19.1 Å². The summed E-state index contributed by atoms with van der Waals surface area (Å²) in [7, 11) is 0. The fourth-order valence-electron chi connectivity index (χ4n) is 1.99. The number of thioether (sulfide) groups is 1. The van der Waals surface area contributed by atoms with Crippen LogP contribution in [0.3, 0.4) is 0 Å². The first-order valence-electron chi connectivity index (χ1n) is 7.29. The number of esters is 1. The van der Waals surface area contributed by atoms with Crippen molar-refractivity contribution in [1.29, 1.82) is 0 Å². The van der Waals surface area contributed by atoms with Gasteiger partial charge in [-0.25, -0.2) is 4.79 Å². The zero-order valence-electron chi connectivity index (χ0n) is 13.2. The molecule has 128 valence electrons. The molecule has 5 nitrogen and oxygen atoms in total. The maximum atomic E-state index is 12.2. The standard InChI is InChI=1S/C16H16ClNO4S2/c1-3-18-15(20)13(24-16(18)23)8-10-5-6-12(11(17)7-10)22-9-14(19)21-4-2/h5-8H,3-4,9H2,1-2H3/b13-8-. The number of nitrogens with zero attached hydrogens (tertiary/aromatic N) is 1. The number of amides is 1. The van der Waals surface area contributed by atoms with Crippen LogP contribution < -0.4 is 4.74 Å². The maximum Gasteiger partial charge on any atom is 0.344 e. The largest absolute Gasteiger partial charge is 0.480 e. The van der Waals surface area contributed by atoms with E-state index in [-0.39, 0.29) is 12.5 Å². The Labute approximate surface area is 154 Å². The van der Waals surface area contributed by atoms with Gasteiger partial charge in [-0.1, -0.05) is 41.6 Å². The van der Waals surface area contributed by atoms with Gasteiger partial charge in [0.25, 0.3) is 5.91 Å². The van der Waals surface area contributed by atoms with Crippen LogP contribution in [-0.4, -0.2) is 40.9 Å². The molecule has 8 heteroatoms. The number of carbonyl (C=O) groups is 2. The van der Waals surface area contributed by atoms with Crippen LogP contribution in [-0.2, 0) is 14.3 Å². The van der Waals surface area contributed by atoms with E-state index in [0.29, 0.717) is 33.1 Å². The Balaban J connectivity index is 2.10. The summed E-state index contributed by atoms with van der Waals surface area (Å²) in [5.41, 5.74) is 0.750. The summed E-state index contributed by atoms with van der Waals surface area (Å²) in [5, 5.41) is 0.346. The fraction of sp³-hybridized carbons (Fsp3) is 0.312. The third-order valence-electron chi connectivity index (χ3n) is 3.09. The molecule has 1 fully saturated rings. The van der Waals surface area contributed by atoms with Crippen LogP contribution in [0.5, 0.6) is 5.75 Å². The molecule has 0 unspecified atom stereocenters. The second-order valence-electron chi connectivity index (χ2n) is 4.71. The lowest BCUT2D eigenvalue weighted by Crippen LogP contribution is -2.27. The Morgan fingerprint density at radius 3 is 2.75 bits per heavy atom. The molecule has 1 aliphatic heterocycles. The van der Waals surface area contributed by atoms with Gasteiger partial charge in [0.15, 0.2) is 6.61 Å². The van der Waals surface area contributed by atoms with Gasteiger partial charge in [-0.2, -0.15) is 0 Å². The average molecular weight is 386 g/mol. The summed E-state index contributed by atoms with van der Waals surface area (Å²) in [6.07, 6.45) is 1.73. The average Bonchev–Trinajstić information content (AvgIpc) is 2.80. The number of benzene rings is 1. The molecule has 2 rings (SSSR count). The first-order chi connectivity index (χ1) is 11.5. The number of hydrogen-bond donors (Lipinski definition) is 0. The molecule has 1 aliphatic rings. The Morgan fingerprint density at radius 1 is 1.42 bits per heavy atom. The molecule has 0 atom stereocenters. The third-order valence-corrected chi connectivity index (χ3v) is 4.77. The second kappa shape index (κ2) is 8.50. The van der Waals surface area contributed by atoms with E-state index in [2.05, 4.69) is 0 Å². The highest BCUT2D eigenvalue weighted by Gasteiger charge is 2.30. The van der Waals surface area contributed by atoms with E-state index in [1.54, 1.807) is 36.1 Å². The SMILES string of the molecule is CCOC(=O)COc1ccc(/C=C2\SC(=S)N(CC)C2=O)cc1Cl. The van der Waals surface area contributed by atoms with Gasteiger partial charge in [0, 0.05) is 6.54 Å². The van der Waals surface area contributed by atoms with E-state index in [1.807, 2.05) is 6.92 Å². The quantitative estimate of drug-likeness (QED) is 0.424. The molecule has 1 aromatic carbocycles. The Bertz CT molecular complexity index is 705. The Kier molecular flexibility index (Phi) is 6.65. The van der Waals surface area contributed by atoms with Crippen molar-refractivity contribution in [2.24, 2.45) is 0 Å². The second-order valence-corrected chi connectivity index (χ2v) is 6.79. The van der Waals surface area contributed by atoms with Crippen LogP contribution in [0.15, 0.2) is 23.1 Å². The highest BCUT2D eigenvalue weighted by atomic mass is 35.5. The molecule has 1 aromatic rings. The lowest BCUT2D eigenvalue weighted by molar-refractivity contribution is -0.145. The Morgan fingerprint density at radius 2 is 2.17 bits per heavy atom. The number of rotatable bonds is 6. The van der Waals surface area contributed by atoms with Gasteiger partial charge in [0.2, 0.25) is 0 Å². The number of thiocarbonyl (C=S) groups is 1. The molecule has 0 aliphatic carbocycles. The number of carbonyl (C=O) groups excluding carboxylic acids is 2. The van der Waals surface area contributed by atoms with Gasteiger partial charge in [0.05, 0.1) is 16.5 Å².